The first kappa shape index (κ1) is 14.3. The minimum Gasteiger partial charge on any atom is -0.385 e. The fourth-order valence-electron chi connectivity index (χ4n) is 3.87. The standard InChI is InChI=1S/C18H22N4O/c1-11-5-4-7-12-13(9-10-20-16(11)12)18(23)22-17(19)14-6-2-3-8-15(14)21-22/h4-5,7,13,20H,2-3,6,8-10,19H2,1H3. The van der Waals surface area contributed by atoms with Crippen molar-refractivity contribution in [2.24, 2.45) is 0 Å². The number of anilines is 2. The number of rotatable bonds is 1. The minimum absolute atomic E-state index is 0.00486. The average molecular weight is 310 g/mol. The summed E-state index contributed by atoms with van der Waals surface area (Å²) in [7, 11) is 0. The second-order valence-corrected chi connectivity index (χ2v) is 6.57. The van der Waals surface area contributed by atoms with Gasteiger partial charge >= 0.3 is 0 Å². The van der Waals surface area contributed by atoms with Crippen molar-refractivity contribution in [2.45, 2.75) is 44.9 Å². The number of benzene rings is 1. The van der Waals surface area contributed by atoms with E-state index in [1.807, 2.05) is 12.1 Å². The lowest BCUT2D eigenvalue weighted by atomic mass is 9.88. The molecule has 3 N–H and O–H groups in total. The van der Waals surface area contributed by atoms with Crippen LogP contribution in [0.3, 0.4) is 0 Å². The van der Waals surface area contributed by atoms with E-state index in [0.717, 1.165) is 61.2 Å². The summed E-state index contributed by atoms with van der Waals surface area (Å²) in [5.74, 6) is 0.387. The third kappa shape index (κ3) is 2.22. The van der Waals surface area contributed by atoms with Crippen LogP contribution < -0.4 is 11.1 Å². The summed E-state index contributed by atoms with van der Waals surface area (Å²) in [6.45, 7) is 2.87. The zero-order valence-corrected chi connectivity index (χ0v) is 13.4. The number of nitrogens with zero attached hydrogens (tertiary/aromatic N) is 2. The summed E-state index contributed by atoms with van der Waals surface area (Å²) < 4.78 is 1.47. The van der Waals surface area contributed by atoms with Gasteiger partial charge in [0.25, 0.3) is 5.91 Å². The minimum atomic E-state index is -0.171. The molecule has 1 atom stereocenters. The van der Waals surface area contributed by atoms with Crippen molar-refractivity contribution in [3.8, 4) is 0 Å². The number of nitrogens with two attached hydrogens (primary N) is 1. The lowest BCUT2D eigenvalue weighted by Gasteiger charge is -2.27. The van der Waals surface area contributed by atoms with Crippen LogP contribution in [0.4, 0.5) is 11.5 Å². The van der Waals surface area contributed by atoms with Crippen LogP contribution in [-0.2, 0) is 12.8 Å². The first-order chi connectivity index (χ1) is 11.2. The number of para-hydroxylation sites is 1. The Morgan fingerprint density at radius 1 is 1.35 bits per heavy atom. The Bertz CT molecular complexity index is 778. The van der Waals surface area contributed by atoms with E-state index in [9.17, 15) is 4.79 Å². The molecule has 0 amide bonds. The van der Waals surface area contributed by atoms with Crippen LogP contribution in [0, 0.1) is 6.92 Å². The van der Waals surface area contributed by atoms with Crippen LogP contribution in [0.1, 0.15) is 52.4 Å². The number of hydrogen-bond acceptors (Lipinski definition) is 4. The Labute approximate surface area is 135 Å². The SMILES string of the molecule is Cc1cccc2c1NCCC2C(=O)n1nc2c(c1N)CCCC2. The molecule has 2 heterocycles. The molecule has 1 aliphatic heterocycles. The molecule has 0 saturated carbocycles. The first-order valence-corrected chi connectivity index (χ1v) is 8.40. The highest BCUT2D eigenvalue weighted by molar-refractivity contribution is 5.90. The number of nitrogens with one attached hydrogen (secondary N) is 1. The highest BCUT2D eigenvalue weighted by atomic mass is 16.2. The summed E-state index contributed by atoms with van der Waals surface area (Å²) in [4.78, 5) is 13.1. The molecule has 23 heavy (non-hydrogen) atoms. The molecule has 0 bridgehead atoms. The summed E-state index contributed by atoms with van der Waals surface area (Å²) >= 11 is 0. The number of fused-ring (bicyclic) bond motifs is 2. The van der Waals surface area contributed by atoms with Gasteiger partial charge in [-0.3, -0.25) is 4.79 Å². The number of carbonyl (C=O) groups is 1. The van der Waals surface area contributed by atoms with E-state index in [4.69, 9.17) is 5.73 Å². The molecule has 1 aliphatic carbocycles. The molecule has 0 saturated heterocycles. The number of aryl methyl sites for hydroxylation is 2. The second-order valence-electron chi connectivity index (χ2n) is 6.57. The summed E-state index contributed by atoms with van der Waals surface area (Å²) in [5, 5.41) is 7.96. The van der Waals surface area contributed by atoms with Gasteiger partial charge in [0.1, 0.15) is 5.82 Å². The van der Waals surface area contributed by atoms with Gasteiger partial charge in [0.15, 0.2) is 0 Å². The van der Waals surface area contributed by atoms with Crippen molar-refractivity contribution in [1.82, 2.24) is 9.78 Å². The van der Waals surface area contributed by atoms with Gasteiger partial charge in [-0.2, -0.15) is 9.78 Å². The topological polar surface area (TPSA) is 72.9 Å². The zero-order valence-electron chi connectivity index (χ0n) is 13.4. The monoisotopic (exact) mass is 310 g/mol. The van der Waals surface area contributed by atoms with Gasteiger partial charge in [0.05, 0.1) is 11.6 Å². The largest absolute Gasteiger partial charge is 0.385 e. The van der Waals surface area contributed by atoms with Crippen LogP contribution in [0.25, 0.3) is 0 Å². The molecule has 2 aromatic rings. The average Bonchev–Trinajstić information content (AvgIpc) is 2.92. The Balaban J connectivity index is 1.74. The van der Waals surface area contributed by atoms with Crippen LogP contribution in [0.2, 0.25) is 0 Å². The molecule has 1 aromatic heterocycles. The van der Waals surface area contributed by atoms with E-state index in [1.165, 1.54) is 10.2 Å². The van der Waals surface area contributed by atoms with Gasteiger partial charge in [0, 0.05) is 17.8 Å². The van der Waals surface area contributed by atoms with Gasteiger partial charge in [0.2, 0.25) is 0 Å². The molecule has 0 fully saturated rings. The smallest absolute Gasteiger partial charge is 0.256 e. The van der Waals surface area contributed by atoms with E-state index < -0.39 is 0 Å². The second kappa shape index (κ2) is 5.41. The molecule has 2 aliphatic rings. The van der Waals surface area contributed by atoms with E-state index in [0.29, 0.717) is 5.82 Å². The molecular formula is C18H22N4O. The van der Waals surface area contributed by atoms with Crippen LogP contribution in [0.15, 0.2) is 18.2 Å². The number of aromatic nitrogens is 2. The maximum atomic E-state index is 13.1. The summed E-state index contributed by atoms with van der Waals surface area (Å²) in [6.07, 6.45) is 4.91. The van der Waals surface area contributed by atoms with Crippen molar-refractivity contribution in [1.29, 1.82) is 0 Å². The Kier molecular flexibility index (Phi) is 3.36. The fraction of sp³-hybridized carbons (Fsp3) is 0.444. The van der Waals surface area contributed by atoms with Gasteiger partial charge in [-0.15, -0.1) is 0 Å². The number of carbonyl (C=O) groups excluding carboxylic acids is 1. The predicted octanol–water partition coefficient (Wildman–Crippen LogP) is 2.89. The quantitative estimate of drug-likeness (QED) is 0.849. The lowest BCUT2D eigenvalue weighted by Crippen LogP contribution is -2.28. The maximum Gasteiger partial charge on any atom is 0.256 e. The van der Waals surface area contributed by atoms with Gasteiger partial charge in [-0.1, -0.05) is 18.2 Å². The molecule has 4 rings (SSSR count). The van der Waals surface area contributed by atoms with Crippen molar-refractivity contribution >= 4 is 17.4 Å². The Morgan fingerprint density at radius 2 is 2.17 bits per heavy atom. The molecule has 1 aromatic carbocycles. The zero-order chi connectivity index (χ0) is 16.0. The maximum absolute atomic E-state index is 13.1. The van der Waals surface area contributed by atoms with Crippen molar-refractivity contribution in [2.75, 3.05) is 17.6 Å². The van der Waals surface area contributed by atoms with Crippen LogP contribution in [0.5, 0.6) is 0 Å². The first-order valence-electron chi connectivity index (χ1n) is 8.40. The van der Waals surface area contributed by atoms with E-state index in [-0.39, 0.29) is 11.8 Å². The van der Waals surface area contributed by atoms with Gasteiger partial charge < -0.3 is 11.1 Å². The summed E-state index contributed by atoms with van der Waals surface area (Å²) in [6, 6.07) is 6.12. The predicted molar refractivity (Wildman–Crippen MR) is 90.9 cm³/mol. The Morgan fingerprint density at radius 3 is 3.00 bits per heavy atom. The molecule has 0 radical (unpaired) electrons. The van der Waals surface area contributed by atoms with Crippen molar-refractivity contribution < 1.29 is 4.79 Å². The van der Waals surface area contributed by atoms with Crippen molar-refractivity contribution in [3.63, 3.8) is 0 Å². The third-order valence-electron chi connectivity index (χ3n) is 5.12. The van der Waals surface area contributed by atoms with E-state index in [1.54, 1.807) is 0 Å². The van der Waals surface area contributed by atoms with Gasteiger partial charge in [-0.25, -0.2) is 0 Å². The molecule has 5 heteroatoms. The number of nitrogen functional groups attached to an aromatic ring is 1. The highest BCUT2D eigenvalue weighted by Gasteiger charge is 2.31. The van der Waals surface area contributed by atoms with Crippen molar-refractivity contribution in [3.05, 3.63) is 40.6 Å². The molecule has 5 nitrogen and oxygen atoms in total. The normalized spacial score (nSPS) is 19.6. The highest BCUT2D eigenvalue weighted by Crippen LogP contribution is 2.36. The van der Waals surface area contributed by atoms with Crippen LogP contribution in [-0.4, -0.2) is 22.2 Å². The molecular weight excluding hydrogens is 288 g/mol. The molecule has 1 unspecified atom stereocenters. The van der Waals surface area contributed by atoms with E-state index in [2.05, 4.69) is 23.4 Å². The number of hydrogen-bond donors (Lipinski definition) is 2. The molecule has 0 spiro atoms. The lowest BCUT2D eigenvalue weighted by molar-refractivity contribution is 0.0859. The fourth-order valence-corrected chi connectivity index (χ4v) is 3.87. The Hall–Kier alpha value is -2.30. The van der Waals surface area contributed by atoms with Gasteiger partial charge in [-0.05, 0) is 50.2 Å². The third-order valence-corrected chi connectivity index (χ3v) is 5.12. The summed E-state index contributed by atoms with van der Waals surface area (Å²) in [5.41, 5.74) is 11.7. The van der Waals surface area contributed by atoms with E-state index >= 15 is 0 Å². The van der Waals surface area contributed by atoms with Crippen LogP contribution >= 0.6 is 0 Å². The molecule has 120 valence electrons.